The van der Waals surface area contributed by atoms with Crippen LogP contribution in [-0.4, -0.2) is 29.9 Å². The predicted molar refractivity (Wildman–Crippen MR) is 72.4 cm³/mol. The molecule has 0 radical (unpaired) electrons. The Morgan fingerprint density at radius 3 is 2.82 bits per heavy atom. The molecule has 17 heavy (non-hydrogen) atoms. The van der Waals surface area contributed by atoms with Crippen LogP contribution in [0.4, 0.5) is 0 Å². The molecule has 0 spiro atoms. The number of thiophene rings is 1. The van der Waals surface area contributed by atoms with Crippen molar-refractivity contribution in [2.75, 3.05) is 13.6 Å². The van der Waals surface area contributed by atoms with Gasteiger partial charge in [0.1, 0.15) is 6.10 Å². The van der Waals surface area contributed by atoms with Crippen molar-refractivity contribution in [3.05, 3.63) is 21.9 Å². The van der Waals surface area contributed by atoms with E-state index in [1.807, 2.05) is 12.4 Å². The Morgan fingerprint density at radius 1 is 1.41 bits per heavy atom. The van der Waals surface area contributed by atoms with Crippen molar-refractivity contribution < 1.29 is 10.2 Å². The normalized spacial score (nSPS) is 14.8. The third-order valence-electron chi connectivity index (χ3n) is 2.90. The van der Waals surface area contributed by atoms with Gasteiger partial charge in [-0.25, -0.2) is 0 Å². The Kier molecular flexibility index (Phi) is 6.73. The van der Waals surface area contributed by atoms with Crippen LogP contribution < -0.4 is 5.32 Å². The van der Waals surface area contributed by atoms with E-state index in [9.17, 15) is 10.2 Å². The molecule has 4 heteroatoms. The summed E-state index contributed by atoms with van der Waals surface area (Å²) in [7, 11) is 1.84. The van der Waals surface area contributed by atoms with Crippen molar-refractivity contribution in [1.29, 1.82) is 0 Å². The van der Waals surface area contributed by atoms with Crippen LogP contribution in [0, 0.1) is 0 Å². The fraction of sp³-hybridized carbons (Fsp3) is 0.692. The van der Waals surface area contributed by atoms with E-state index in [4.69, 9.17) is 0 Å². The van der Waals surface area contributed by atoms with Crippen molar-refractivity contribution in [2.45, 2.75) is 44.8 Å². The lowest BCUT2D eigenvalue weighted by atomic mass is 10.0. The average Bonchev–Trinajstić information content (AvgIpc) is 2.80. The summed E-state index contributed by atoms with van der Waals surface area (Å²) < 4.78 is 0. The van der Waals surface area contributed by atoms with Gasteiger partial charge in [-0.15, -0.1) is 11.3 Å². The molecule has 0 aliphatic rings. The molecule has 2 atom stereocenters. The highest BCUT2D eigenvalue weighted by Crippen LogP contribution is 2.29. The van der Waals surface area contributed by atoms with Gasteiger partial charge in [0.15, 0.2) is 0 Å². The molecule has 2 unspecified atom stereocenters. The molecule has 1 aromatic rings. The molecule has 3 nitrogen and oxygen atoms in total. The van der Waals surface area contributed by atoms with Crippen LogP contribution in [0.2, 0.25) is 0 Å². The van der Waals surface area contributed by atoms with Crippen molar-refractivity contribution in [3.63, 3.8) is 0 Å². The van der Waals surface area contributed by atoms with Gasteiger partial charge in [0, 0.05) is 4.88 Å². The smallest absolute Gasteiger partial charge is 0.114 e. The van der Waals surface area contributed by atoms with Crippen LogP contribution in [0.5, 0.6) is 0 Å². The van der Waals surface area contributed by atoms with Crippen LogP contribution >= 0.6 is 11.3 Å². The van der Waals surface area contributed by atoms with Crippen LogP contribution in [0.15, 0.2) is 11.4 Å². The van der Waals surface area contributed by atoms with E-state index in [1.165, 1.54) is 16.9 Å². The largest absolute Gasteiger partial charge is 0.390 e. The maximum Gasteiger partial charge on any atom is 0.114 e. The Hall–Kier alpha value is -0.420. The number of nitrogens with one attached hydrogen (secondary N) is 1. The Bertz CT molecular complexity index is 314. The zero-order valence-electron chi connectivity index (χ0n) is 10.6. The molecule has 1 rings (SSSR count). The molecule has 0 bridgehead atoms. The van der Waals surface area contributed by atoms with Gasteiger partial charge in [0.25, 0.3) is 0 Å². The Morgan fingerprint density at radius 2 is 2.18 bits per heavy atom. The van der Waals surface area contributed by atoms with Gasteiger partial charge >= 0.3 is 0 Å². The number of hydrogen-bond donors (Lipinski definition) is 3. The summed E-state index contributed by atoms with van der Waals surface area (Å²) in [5, 5.41) is 25.0. The molecular weight excluding hydrogens is 234 g/mol. The molecule has 1 aromatic heterocycles. The maximum absolute atomic E-state index is 10.1. The van der Waals surface area contributed by atoms with Gasteiger partial charge in [0.05, 0.1) is 6.10 Å². The first-order chi connectivity index (χ1) is 8.20. The van der Waals surface area contributed by atoms with Crippen LogP contribution in [0.1, 0.15) is 42.7 Å². The first kappa shape index (κ1) is 14.6. The minimum Gasteiger partial charge on any atom is -0.390 e. The van der Waals surface area contributed by atoms with Gasteiger partial charge in [-0.2, -0.15) is 0 Å². The molecule has 0 saturated carbocycles. The molecular formula is C13H23NO2S. The Labute approximate surface area is 107 Å². The average molecular weight is 257 g/mol. The number of hydrogen-bond acceptors (Lipinski definition) is 4. The predicted octanol–water partition coefficient (Wildman–Crippen LogP) is 2.09. The summed E-state index contributed by atoms with van der Waals surface area (Å²) in [6.07, 6.45) is 2.42. The third kappa shape index (κ3) is 4.39. The van der Waals surface area contributed by atoms with Gasteiger partial charge < -0.3 is 15.5 Å². The molecule has 0 amide bonds. The fourth-order valence-electron chi connectivity index (χ4n) is 1.81. The van der Waals surface area contributed by atoms with E-state index in [2.05, 4.69) is 18.3 Å². The van der Waals surface area contributed by atoms with Gasteiger partial charge in [0.2, 0.25) is 0 Å². The van der Waals surface area contributed by atoms with E-state index in [0.29, 0.717) is 13.0 Å². The summed E-state index contributed by atoms with van der Waals surface area (Å²) in [6.45, 7) is 2.87. The van der Waals surface area contributed by atoms with Gasteiger partial charge in [-0.05, 0) is 49.9 Å². The van der Waals surface area contributed by atoms with E-state index >= 15 is 0 Å². The fourth-order valence-corrected chi connectivity index (χ4v) is 2.80. The lowest BCUT2D eigenvalue weighted by Gasteiger charge is -2.18. The molecule has 0 aliphatic carbocycles. The van der Waals surface area contributed by atoms with E-state index in [0.717, 1.165) is 24.1 Å². The molecule has 3 N–H and O–H groups in total. The van der Waals surface area contributed by atoms with Crippen LogP contribution in [0.3, 0.4) is 0 Å². The summed E-state index contributed by atoms with van der Waals surface area (Å²) in [5.41, 5.74) is 1.19. The summed E-state index contributed by atoms with van der Waals surface area (Å²) in [6, 6.07) is 2.06. The Balaban J connectivity index is 2.60. The lowest BCUT2D eigenvalue weighted by Crippen LogP contribution is -2.23. The summed E-state index contributed by atoms with van der Waals surface area (Å²) in [4.78, 5) is 0.932. The zero-order valence-corrected chi connectivity index (χ0v) is 11.5. The van der Waals surface area contributed by atoms with Crippen LogP contribution in [0.25, 0.3) is 0 Å². The first-order valence-corrected chi connectivity index (χ1v) is 7.15. The minimum absolute atomic E-state index is 0.572. The number of aliphatic hydroxyl groups is 2. The standard InChI is InChI=1S/C13H23NO2S/c1-3-4-5-10-7-9-17-13(10)12(16)11(15)6-8-14-2/h7,9,11-12,14-16H,3-6,8H2,1-2H3. The molecule has 0 aromatic carbocycles. The molecule has 1 heterocycles. The number of aliphatic hydroxyl groups excluding tert-OH is 2. The third-order valence-corrected chi connectivity index (χ3v) is 3.93. The van der Waals surface area contributed by atoms with Crippen molar-refractivity contribution in [2.24, 2.45) is 0 Å². The minimum atomic E-state index is -0.741. The quantitative estimate of drug-likeness (QED) is 0.668. The highest BCUT2D eigenvalue weighted by Gasteiger charge is 2.21. The number of unbranched alkanes of at least 4 members (excludes halogenated alkanes) is 1. The van der Waals surface area contributed by atoms with Crippen molar-refractivity contribution >= 4 is 11.3 Å². The molecule has 0 fully saturated rings. The highest BCUT2D eigenvalue weighted by atomic mass is 32.1. The second kappa shape index (κ2) is 7.82. The topological polar surface area (TPSA) is 52.5 Å². The monoisotopic (exact) mass is 257 g/mol. The van der Waals surface area contributed by atoms with Crippen LogP contribution in [-0.2, 0) is 6.42 Å². The number of rotatable bonds is 8. The molecule has 98 valence electrons. The zero-order chi connectivity index (χ0) is 12.7. The second-order valence-electron chi connectivity index (χ2n) is 4.32. The maximum atomic E-state index is 10.1. The van der Waals surface area contributed by atoms with E-state index in [-0.39, 0.29) is 0 Å². The lowest BCUT2D eigenvalue weighted by molar-refractivity contribution is 0.0157. The SMILES string of the molecule is CCCCc1ccsc1C(O)C(O)CCNC. The van der Waals surface area contributed by atoms with E-state index < -0.39 is 12.2 Å². The number of aryl methyl sites for hydroxylation is 1. The summed E-state index contributed by atoms with van der Waals surface area (Å²) >= 11 is 1.54. The van der Waals surface area contributed by atoms with Crippen molar-refractivity contribution in [1.82, 2.24) is 5.32 Å². The van der Waals surface area contributed by atoms with Gasteiger partial charge in [-0.3, -0.25) is 0 Å². The summed E-state index contributed by atoms with van der Waals surface area (Å²) in [5.74, 6) is 0. The van der Waals surface area contributed by atoms with Gasteiger partial charge in [-0.1, -0.05) is 13.3 Å². The van der Waals surface area contributed by atoms with E-state index in [1.54, 1.807) is 0 Å². The van der Waals surface area contributed by atoms with Crippen molar-refractivity contribution in [3.8, 4) is 0 Å². The first-order valence-electron chi connectivity index (χ1n) is 6.27. The second-order valence-corrected chi connectivity index (χ2v) is 5.27. The molecule has 0 saturated heterocycles. The highest BCUT2D eigenvalue weighted by molar-refractivity contribution is 7.10. The molecule has 0 aliphatic heterocycles.